The minimum atomic E-state index is -0.508. The van der Waals surface area contributed by atoms with Crippen molar-refractivity contribution in [1.29, 1.82) is 0 Å². The van der Waals surface area contributed by atoms with E-state index in [1.54, 1.807) is 18.2 Å². The number of benzene rings is 1. The Labute approximate surface area is 162 Å². The van der Waals surface area contributed by atoms with Crippen LogP contribution in [0.25, 0.3) is 21.3 Å². The first-order valence-corrected chi connectivity index (χ1v) is 9.79. The Hall–Kier alpha value is -2.71. The minimum Gasteiger partial charge on any atom is -0.463 e. The molecule has 3 aromatic heterocycles. The summed E-state index contributed by atoms with van der Waals surface area (Å²) in [6.45, 7) is 0. The lowest BCUT2D eigenvalue weighted by molar-refractivity contribution is 0.0564. The van der Waals surface area contributed by atoms with Gasteiger partial charge in [-0.25, -0.2) is 19.2 Å². The summed E-state index contributed by atoms with van der Waals surface area (Å²) in [5.41, 5.74) is 2.59. The number of thioether (sulfide) groups is 1. The fourth-order valence-corrected chi connectivity index (χ4v) is 4.64. The Morgan fingerprint density at radius 2 is 2.07 bits per heavy atom. The van der Waals surface area contributed by atoms with Gasteiger partial charge >= 0.3 is 5.97 Å². The highest BCUT2D eigenvalue weighted by atomic mass is 32.2. The second-order valence-electron chi connectivity index (χ2n) is 5.57. The summed E-state index contributed by atoms with van der Waals surface area (Å²) < 4.78 is 23.2. The number of carbonyl (C=O) groups is 1. The molecular weight excluding hydrogens is 387 g/mol. The molecule has 0 saturated carbocycles. The van der Waals surface area contributed by atoms with Crippen molar-refractivity contribution in [3.05, 3.63) is 65.4 Å². The third-order valence-electron chi connectivity index (χ3n) is 3.97. The zero-order chi connectivity index (χ0) is 18.8. The molecule has 0 aliphatic heterocycles. The molecular formula is C19H13FN2O3S2. The van der Waals surface area contributed by atoms with Gasteiger partial charge in [0.2, 0.25) is 5.76 Å². The molecule has 8 heteroatoms. The fourth-order valence-electron chi connectivity index (χ4n) is 2.67. The van der Waals surface area contributed by atoms with Gasteiger partial charge in [-0.15, -0.1) is 23.1 Å². The molecule has 0 spiro atoms. The lowest BCUT2D eigenvalue weighted by Gasteiger charge is -2.05. The van der Waals surface area contributed by atoms with Crippen molar-refractivity contribution < 1.29 is 18.3 Å². The Morgan fingerprint density at radius 1 is 1.26 bits per heavy atom. The number of methoxy groups -OCH3 is 1. The molecule has 0 radical (unpaired) electrons. The van der Waals surface area contributed by atoms with E-state index in [-0.39, 0.29) is 11.6 Å². The largest absolute Gasteiger partial charge is 0.463 e. The van der Waals surface area contributed by atoms with Crippen molar-refractivity contribution in [3.63, 3.8) is 0 Å². The first-order valence-electron chi connectivity index (χ1n) is 7.93. The molecule has 1 aromatic carbocycles. The lowest BCUT2D eigenvalue weighted by atomic mass is 10.1. The van der Waals surface area contributed by atoms with E-state index in [1.165, 1.54) is 54.9 Å². The van der Waals surface area contributed by atoms with E-state index in [0.717, 1.165) is 31.9 Å². The molecule has 0 atom stereocenters. The second kappa shape index (κ2) is 7.50. The smallest absolute Gasteiger partial charge is 0.374 e. The van der Waals surface area contributed by atoms with Crippen LogP contribution in [0.4, 0.5) is 4.39 Å². The monoisotopic (exact) mass is 400 g/mol. The van der Waals surface area contributed by atoms with Gasteiger partial charge in [-0.3, -0.25) is 0 Å². The van der Waals surface area contributed by atoms with Gasteiger partial charge in [-0.1, -0.05) is 12.1 Å². The molecule has 0 aliphatic carbocycles. The molecule has 5 nitrogen and oxygen atoms in total. The first-order chi connectivity index (χ1) is 13.2. The summed E-state index contributed by atoms with van der Waals surface area (Å²) >= 11 is 2.99. The highest BCUT2D eigenvalue weighted by Gasteiger charge is 2.18. The van der Waals surface area contributed by atoms with Crippen LogP contribution >= 0.6 is 23.1 Å². The Bertz CT molecular complexity index is 1110. The number of nitrogens with zero attached hydrogens (tertiary/aromatic N) is 2. The number of carbonyl (C=O) groups excluding carboxylic acids is 1. The predicted molar refractivity (Wildman–Crippen MR) is 102 cm³/mol. The van der Waals surface area contributed by atoms with E-state index in [0.29, 0.717) is 5.75 Å². The van der Waals surface area contributed by atoms with Crippen LogP contribution in [0.3, 0.4) is 0 Å². The normalized spacial score (nSPS) is 11.0. The summed E-state index contributed by atoms with van der Waals surface area (Å²) in [7, 11) is 1.32. The van der Waals surface area contributed by atoms with Crippen LogP contribution < -0.4 is 0 Å². The van der Waals surface area contributed by atoms with E-state index in [1.807, 2.05) is 5.38 Å². The number of hydrogen-bond acceptors (Lipinski definition) is 7. The molecule has 0 amide bonds. The van der Waals surface area contributed by atoms with E-state index >= 15 is 0 Å². The molecule has 0 saturated heterocycles. The average Bonchev–Trinajstić information content (AvgIpc) is 3.33. The van der Waals surface area contributed by atoms with Crippen LogP contribution in [0, 0.1) is 5.82 Å². The molecule has 136 valence electrons. The maximum Gasteiger partial charge on any atom is 0.374 e. The molecule has 27 heavy (non-hydrogen) atoms. The van der Waals surface area contributed by atoms with Gasteiger partial charge in [0, 0.05) is 22.3 Å². The predicted octanol–water partition coefficient (Wildman–Crippen LogP) is 5.17. The highest BCUT2D eigenvalue weighted by molar-refractivity contribution is 7.98. The topological polar surface area (TPSA) is 65.2 Å². The molecule has 0 N–H and O–H groups in total. The van der Waals surface area contributed by atoms with Gasteiger partial charge in [0.15, 0.2) is 0 Å². The Balaban J connectivity index is 1.68. The number of furan rings is 1. The zero-order valence-electron chi connectivity index (χ0n) is 14.1. The van der Waals surface area contributed by atoms with Crippen molar-refractivity contribution in [1.82, 2.24) is 9.97 Å². The second-order valence-corrected chi connectivity index (χ2v) is 7.39. The van der Waals surface area contributed by atoms with Crippen LogP contribution in [0.15, 0.2) is 57.7 Å². The van der Waals surface area contributed by atoms with Gasteiger partial charge in [-0.2, -0.15) is 0 Å². The van der Waals surface area contributed by atoms with Crippen molar-refractivity contribution in [3.8, 4) is 11.1 Å². The summed E-state index contributed by atoms with van der Waals surface area (Å²) in [6, 6.07) is 8.09. The third kappa shape index (κ3) is 3.45. The third-order valence-corrected chi connectivity index (χ3v) is 5.90. The number of ether oxygens (including phenoxy) is 1. The van der Waals surface area contributed by atoms with Crippen LogP contribution in [0.5, 0.6) is 0 Å². The van der Waals surface area contributed by atoms with Crippen molar-refractivity contribution in [2.45, 2.75) is 10.8 Å². The van der Waals surface area contributed by atoms with Crippen molar-refractivity contribution in [2.75, 3.05) is 7.11 Å². The molecule has 0 unspecified atom stereocenters. The van der Waals surface area contributed by atoms with Gasteiger partial charge in [0.25, 0.3) is 0 Å². The van der Waals surface area contributed by atoms with Gasteiger partial charge in [0.1, 0.15) is 22.0 Å². The van der Waals surface area contributed by atoms with E-state index in [2.05, 4.69) is 9.97 Å². The Kier molecular flexibility index (Phi) is 4.91. The summed E-state index contributed by atoms with van der Waals surface area (Å²) in [5.74, 6) is -0.101. The summed E-state index contributed by atoms with van der Waals surface area (Å²) in [5, 5.41) is 3.70. The molecule has 4 aromatic rings. The summed E-state index contributed by atoms with van der Waals surface area (Å²) in [4.78, 5) is 21.4. The lowest BCUT2D eigenvalue weighted by Crippen LogP contribution is -2.02. The van der Waals surface area contributed by atoms with E-state index in [9.17, 15) is 9.18 Å². The molecule has 0 aliphatic rings. The number of hydrogen-bond donors (Lipinski definition) is 0. The number of aromatic nitrogens is 2. The molecule has 3 heterocycles. The zero-order valence-corrected chi connectivity index (χ0v) is 15.8. The van der Waals surface area contributed by atoms with Gasteiger partial charge in [-0.05, 0) is 23.8 Å². The number of halogens is 1. The maximum absolute atomic E-state index is 13.3. The van der Waals surface area contributed by atoms with Crippen molar-refractivity contribution in [2.24, 2.45) is 0 Å². The average molecular weight is 400 g/mol. The standard InChI is InChI=1S/C19H13FN2O3S2/c1-24-19(23)16-12(6-7-25-16)8-26-17-15-14(9-27-18(15)22-10-21-17)11-2-4-13(20)5-3-11/h2-7,9-10H,8H2,1H3. The quantitative estimate of drug-likeness (QED) is 0.262. The fraction of sp³-hybridized carbons (Fsp3) is 0.105. The molecule has 0 bridgehead atoms. The number of rotatable bonds is 5. The summed E-state index contributed by atoms with van der Waals surface area (Å²) in [6.07, 6.45) is 2.98. The van der Waals surface area contributed by atoms with E-state index < -0.39 is 5.97 Å². The first kappa shape index (κ1) is 17.7. The maximum atomic E-state index is 13.3. The van der Waals surface area contributed by atoms with Gasteiger partial charge in [0.05, 0.1) is 18.8 Å². The van der Waals surface area contributed by atoms with Crippen LogP contribution in [0.1, 0.15) is 16.1 Å². The van der Waals surface area contributed by atoms with E-state index in [4.69, 9.17) is 9.15 Å². The number of thiophene rings is 1. The number of esters is 1. The minimum absolute atomic E-state index is 0.194. The van der Waals surface area contributed by atoms with Crippen LogP contribution in [0.2, 0.25) is 0 Å². The number of fused-ring (bicyclic) bond motifs is 1. The molecule has 4 rings (SSSR count). The van der Waals surface area contributed by atoms with Crippen LogP contribution in [-0.2, 0) is 10.5 Å². The Morgan fingerprint density at radius 3 is 2.85 bits per heavy atom. The van der Waals surface area contributed by atoms with Gasteiger partial charge < -0.3 is 9.15 Å². The van der Waals surface area contributed by atoms with Crippen molar-refractivity contribution >= 4 is 39.3 Å². The molecule has 0 fully saturated rings. The SMILES string of the molecule is COC(=O)c1occc1CSc1ncnc2scc(-c3ccc(F)cc3)c12. The van der Waals surface area contributed by atoms with Crippen LogP contribution in [-0.4, -0.2) is 23.0 Å². The highest BCUT2D eigenvalue weighted by Crippen LogP contribution is 2.39.